The molecule has 0 aliphatic heterocycles. The molecule has 2 N–H and O–H groups in total. The first-order valence-corrected chi connectivity index (χ1v) is 3.30. The normalized spacial score (nSPS) is 9.17. The third-order valence-electron chi connectivity index (χ3n) is 0.458. The number of hydrogen-bond donors (Lipinski definition) is 2. The van der Waals surface area contributed by atoms with Crippen molar-refractivity contribution in [2.24, 2.45) is 0 Å². The van der Waals surface area contributed by atoms with Gasteiger partial charge in [0.15, 0.2) is 0 Å². The number of hydroxylamine groups is 1. The molecule has 0 aromatic carbocycles. The Morgan fingerprint density at radius 2 is 1.67 bits per heavy atom. The van der Waals surface area contributed by atoms with Crippen LogP contribution in [0.15, 0.2) is 0 Å². The van der Waals surface area contributed by atoms with Crippen LogP contribution < -0.4 is 51.4 Å². The Hall–Kier alpha value is 1.19. The number of ketones is 1. The number of nitrogens with zero attached hydrogens (tertiary/aromatic N) is 1. The number of Topliss-reactive ketones (excluding diaryl/α,β-unsaturated/α-hetero) is 1. The molecule has 0 saturated heterocycles. The maximum atomic E-state index is 9.44. The van der Waals surface area contributed by atoms with E-state index in [1.54, 1.807) is 13.8 Å². The first-order valence-electron chi connectivity index (χ1n) is 3.30. The molecule has 12 heavy (non-hydrogen) atoms. The van der Waals surface area contributed by atoms with Crippen LogP contribution in [0.5, 0.6) is 0 Å². The van der Waals surface area contributed by atoms with Crippen molar-refractivity contribution >= 4 is 5.78 Å². The summed E-state index contributed by atoms with van der Waals surface area (Å²) in [5, 5.41) is 16.6. The average molecular weight is 201 g/mol. The van der Waals surface area contributed by atoms with Gasteiger partial charge in [-0.25, -0.2) is 0 Å². The second-order valence-electron chi connectivity index (χ2n) is 3.02. The van der Waals surface area contributed by atoms with Crippen molar-refractivity contribution in [3.05, 3.63) is 5.48 Å². The zero-order chi connectivity index (χ0) is 9.49. The maximum absolute atomic E-state index is 9.44. The van der Waals surface area contributed by atoms with Gasteiger partial charge in [-0.15, -0.1) is 6.54 Å². The van der Waals surface area contributed by atoms with E-state index in [-0.39, 0.29) is 63.7 Å². The largest absolute Gasteiger partial charge is 1.00 e. The minimum atomic E-state index is -0.866. The van der Waals surface area contributed by atoms with Crippen molar-refractivity contribution in [2.75, 3.05) is 6.54 Å². The monoisotopic (exact) mass is 201 g/mol. The molecule has 0 aromatic rings. The third-order valence-corrected chi connectivity index (χ3v) is 0.458. The van der Waals surface area contributed by atoms with Gasteiger partial charge in [0.1, 0.15) is 5.78 Å². The van der Waals surface area contributed by atoms with E-state index in [2.05, 4.69) is 5.48 Å². The van der Waals surface area contributed by atoms with Crippen molar-refractivity contribution in [3.8, 4) is 0 Å². The minimum absolute atomic E-state index is 0. The topological polar surface area (TPSA) is 71.6 Å². The Morgan fingerprint density at radius 1 is 1.42 bits per heavy atom. The second-order valence-corrected chi connectivity index (χ2v) is 3.02. The molecule has 68 valence electrons. The van der Waals surface area contributed by atoms with Gasteiger partial charge in [-0.1, -0.05) is 0 Å². The second kappa shape index (κ2) is 10.3. The standard InChI is InChI=1S/C4H10NO2.C3H6O.K/c1-4(2,6)3-5-7;1-3(2)4;/h6-7H,3H2,1-2H3;1-2H3;/q-1;;+1. The molecule has 0 radical (unpaired) electrons. The van der Waals surface area contributed by atoms with Crippen LogP contribution in [0.1, 0.15) is 27.7 Å². The molecule has 0 aliphatic carbocycles. The van der Waals surface area contributed by atoms with E-state index in [1.165, 1.54) is 13.8 Å². The van der Waals surface area contributed by atoms with E-state index in [0.717, 1.165) is 0 Å². The molecular formula is C7H16KNO3. The minimum Gasteiger partial charge on any atom is -0.535 e. The van der Waals surface area contributed by atoms with Gasteiger partial charge in [-0.2, -0.15) is 0 Å². The van der Waals surface area contributed by atoms with Crippen molar-refractivity contribution < 1.29 is 66.5 Å². The molecule has 4 nitrogen and oxygen atoms in total. The summed E-state index contributed by atoms with van der Waals surface area (Å²) >= 11 is 0. The molecule has 0 unspecified atom stereocenters. The van der Waals surface area contributed by atoms with Crippen molar-refractivity contribution in [1.29, 1.82) is 0 Å². The molecule has 0 aliphatic rings. The fourth-order valence-corrected chi connectivity index (χ4v) is 0.173. The smallest absolute Gasteiger partial charge is 0.535 e. The number of rotatable bonds is 2. The molecule has 5 heteroatoms. The van der Waals surface area contributed by atoms with Gasteiger partial charge in [-0.05, 0) is 27.7 Å². The van der Waals surface area contributed by atoms with Crippen LogP contribution in [-0.4, -0.2) is 28.2 Å². The molecule has 0 heterocycles. The van der Waals surface area contributed by atoms with Crippen LogP contribution >= 0.6 is 0 Å². The molecule has 0 atom stereocenters. The van der Waals surface area contributed by atoms with Crippen LogP contribution in [0.4, 0.5) is 0 Å². The third kappa shape index (κ3) is 43.2. The average Bonchev–Trinajstić information content (AvgIpc) is 1.58. The Morgan fingerprint density at radius 3 is 1.67 bits per heavy atom. The molecule has 0 spiro atoms. The van der Waals surface area contributed by atoms with Crippen molar-refractivity contribution in [2.45, 2.75) is 33.3 Å². The summed E-state index contributed by atoms with van der Waals surface area (Å²) in [6.45, 7) is 6.28. The first-order chi connectivity index (χ1) is 4.79. The molecule has 0 saturated carbocycles. The SMILES string of the molecule is CC(C)(O)C[N-]O.CC(C)=O.[K+]. The predicted octanol–water partition coefficient (Wildman–Crippen LogP) is -1.88. The van der Waals surface area contributed by atoms with E-state index >= 15 is 0 Å². The fourth-order valence-electron chi connectivity index (χ4n) is 0.173. The number of carbonyl (C=O) groups is 1. The van der Waals surface area contributed by atoms with Crippen LogP contribution in [-0.2, 0) is 4.79 Å². The first kappa shape index (κ1) is 18.9. The summed E-state index contributed by atoms with van der Waals surface area (Å²) in [5.41, 5.74) is 1.89. The maximum Gasteiger partial charge on any atom is 1.00 e. The van der Waals surface area contributed by atoms with Gasteiger partial charge >= 0.3 is 51.4 Å². The van der Waals surface area contributed by atoms with Crippen LogP contribution in [0.2, 0.25) is 0 Å². The van der Waals surface area contributed by atoms with Gasteiger partial charge in [-0.3, -0.25) is 0 Å². The quantitative estimate of drug-likeness (QED) is 0.406. The van der Waals surface area contributed by atoms with Crippen LogP contribution in [0.25, 0.3) is 5.48 Å². The Kier molecular flexibility index (Phi) is 16.1. The van der Waals surface area contributed by atoms with Crippen molar-refractivity contribution in [3.63, 3.8) is 0 Å². The van der Waals surface area contributed by atoms with E-state index < -0.39 is 5.60 Å². The fraction of sp³-hybridized carbons (Fsp3) is 0.857. The molecule has 0 fully saturated rings. The molecule has 0 bridgehead atoms. The van der Waals surface area contributed by atoms with E-state index in [4.69, 9.17) is 10.3 Å². The predicted molar refractivity (Wildman–Crippen MR) is 42.7 cm³/mol. The summed E-state index contributed by atoms with van der Waals surface area (Å²) in [6.07, 6.45) is 0. The van der Waals surface area contributed by atoms with E-state index in [1.807, 2.05) is 0 Å². The Labute approximate surface area is 116 Å². The zero-order valence-electron chi connectivity index (χ0n) is 8.46. The molecule has 0 rings (SSSR count). The summed E-state index contributed by atoms with van der Waals surface area (Å²) in [7, 11) is 0. The van der Waals surface area contributed by atoms with Gasteiger partial charge in [0.2, 0.25) is 0 Å². The van der Waals surface area contributed by atoms with Crippen LogP contribution in [0, 0.1) is 0 Å². The van der Waals surface area contributed by atoms with Gasteiger partial charge < -0.3 is 20.6 Å². The number of aliphatic hydroxyl groups is 1. The van der Waals surface area contributed by atoms with Gasteiger partial charge in [0, 0.05) is 5.60 Å². The summed E-state index contributed by atoms with van der Waals surface area (Å²) in [4.78, 5) is 9.44. The van der Waals surface area contributed by atoms with Gasteiger partial charge in [0.05, 0.1) is 0 Å². The molecular weight excluding hydrogens is 185 g/mol. The molecule has 0 amide bonds. The van der Waals surface area contributed by atoms with Crippen molar-refractivity contribution in [1.82, 2.24) is 0 Å². The zero-order valence-corrected chi connectivity index (χ0v) is 11.6. The Balaban J connectivity index is -0.000000142. The summed E-state index contributed by atoms with van der Waals surface area (Å²) in [5.74, 6) is 0.167. The number of hydrogen-bond acceptors (Lipinski definition) is 3. The summed E-state index contributed by atoms with van der Waals surface area (Å²) < 4.78 is 0. The van der Waals surface area contributed by atoms with E-state index in [0.29, 0.717) is 0 Å². The number of carbonyl (C=O) groups excluding carboxylic acids is 1. The Bertz CT molecular complexity index is 108. The summed E-state index contributed by atoms with van der Waals surface area (Å²) in [6, 6.07) is 0. The van der Waals surface area contributed by atoms with Crippen LogP contribution in [0.3, 0.4) is 0 Å². The van der Waals surface area contributed by atoms with E-state index in [9.17, 15) is 4.79 Å². The van der Waals surface area contributed by atoms with Gasteiger partial charge in [0.25, 0.3) is 0 Å². The molecule has 0 aromatic heterocycles.